The predicted octanol–water partition coefficient (Wildman–Crippen LogP) is 2.18. The van der Waals surface area contributed by atoms with Crippen LogP contribution in [0.4, 0.5) is 0 Å². The largest absolute Gasteiger partial charge is 0.480 e. The van der Waals surface area contributed by atoms with E-state index in [1.54, 1.807) is 0 Å². The second-order valence-corrected chi connectivity index (χ2v) is 4.42. The summed E-state index contributed by atoms with van der Waals surface area (Å²) in [6.45, 7) is 5.61. The van der Waals surface area contributed by atoms with Gasteiger partial charge < -0.3 is 10.4 Å². The van der Waals surface area contributed by atoms with E-state index in [1.807, 2.05) is 0 Å². The highest BCUT2D eigenvalue weighted by molar-refractivity contribution is 5.81. The molecule has 2 unspecified atom stereocenters. The first-order chi connectivity index (χ1) is 7.47. The van der Waals surface area contributed by atoms with Gasteiger partial charge in [0.2, 0.25) is 5.91 Å². The standard InChI is InChI=1S/C12H23NO3/c1-4-5-6-9(2)7-8-11(12(15)16)13-10(3)14/h9,11H,4-8H2,1-3H3,(H,13,14)(H,15,16). The molecule has 0 aliphatic rings. The predicted molar refractivity (Wildman–Crippen MR) is 63.2 cm³/mol. The van der Waals surface area contributed by atoms with Crippen LogP contribution < -0.4 is 5.32 Å². The molecule has 0 bridgehead atoms. The number of hydrogen-bond acceptors (Lipinski definition) is 2. The van der Waals surface area contributed by atoms with E-state index in [0.717, 1.165) is 12.8 Å². The molecular formula is C12H23NO3. The number of unbranched alkanes of at least 4 members (excludes halogenated alkanes) is 1. The molecule has 0 spiro atoms. The lowest BCUT2D eigenvalue weighted by Gasteiger charge is -2.16. The Morgan fingerprint density at radius 1 is 1.25 bits per heavy atom. The summed E-state index contributed by atoms with van der Waals surface area (Å²) in [6, 6.07) is -0.735. The second-order valence-electron chi connectivity index (χ2n) is 4.42. The Morgan fingerprint density at radius 3 is 2.31 bits per heavy atom. The number of rotatable bonds is 8. The Morgan fingerprint density at radius 2 is 1.88 bits per heavy atom. The van der Waals surface area contributed by atoms with Crippen LogP contribution in [0, 0.1) is 5.92 Å². The van der Waals surface area contributed by atoms with E-state index < -0.39 is 12.0 Å². The van der Waals surface area contributed by atoms with Gasteiger partial charge in [0.15, 0.2) is 0 Å². The van der Waals surface area contributed by atoms with Gasteiger partial charge in [-0.1, -0.05) is 33.1 Å². The van der Waals surface area contributed by atoms with E-state index in [1.165, 1.54) is 19.8 Å². The quantitative estimate of drug-likeness (QED) is 0.670. The maximum Gasteiger partial charge on any atom is 0.326 e. The van der Waals surface area contributed by atoms with Crippen molar-refractivity contribution in [3.05, 3.63) is 0 Å². The van der Waals surface area contributed by atoms with Gasteiger partial charge in [-0.3, -0.25) is 4.79 Å². The van der Waals surface area contributed by atoms with Gasteiger partial charge in [0, 0.05) is 6.92 Å². The van der Waals surface area contributed by atoms with E-state index in [-0.39, 0.29) is 5.91 Å². The van der Waals surface area contributed by atoms with Gasteiger partial charge in [0.05, 0.1) is 0 Å². The third-order valence-corrected chi connectivity index (χ3v) is 2.67. The first-order valence-corrected chi connectivity index (χ1v) is 5.97. The van der Waals surface area contributed by atoms with Crippen molar-refractivity contribution in [3.8, 4) is 0 Å². The van der Waals surface area contributed by atoms with Crippen molar-refractivity contribution in [1.82, 2.24) is 5.32 Å². The lowest BCUT2D eigenvalue weighted by molar-refractivity contribution is -0.141. The lowest BCUT2D eigenvalue weighted by Crippen LogP contribution is -2.39. The zero-order valence-corrected chi connectivity index (χ0v) is 10.5. The summed E-state index contributed by atoms with van der Waals surface area (Å²) < 4.78 is 0. The Hall–Kier alpha value is -1.06. The van der Waals surface area contributed by atoms with E-state index in [4.69, 9.17) is 5.11 Å². The van der Waals surface area contributed by atoms with Crippen LogP contribution in [-0.2, 0) is 9.59 Å². The number of carboxylic acid groups (broad SMARTS) is 1. The zero-order valence-electron chi connectivity index (χ0n) is 10.5. The van der Waals surface area contributed by atoms with E-state index in [9.17, 15) is 9.59 Å². The molecule has 0 fully saturated rings. The molecule has 4 heteroatoms. The zero-order chi connectivity index (χ0) is 12.6. The van der Waals surface area contributed by atoms with Crippen molar-refractivity contribution in [2.75, 3.05) is 0 Å². The van der Waals surface area contributed by atoms with Crippen LogP contribution in [0.3, 0.4) is 0 Å². The number of carbonyl (C=O) groups excluding carboxylic acids is 1. The van der Waals surface area contributed by atoms with Crippen molar-refractivity contribution in [1.29, 1.82) is 0 Å². The number of aliphatic carboxylic acids is 1. The maximum atomic E-state index is 10.8. The average Bonchev–Trinajstić information content (AvgIpc) is 2.20. The number of carboxylic acids is 1. The van der Waals surface area contributed by atoms with Gasteiger partial charge in [0.1, 0.15) is 6.04 Å². The molecule has 0 aliphatic carbocycles. The third kappa shape index (κ3) is 7.26. The highest BCUT2D eigenvalue weighted by Gasteiger charge is 2.18. The molecule has 0 aromatic carbocycles. The molecule has 4 nitrogen and oxygen atoms in total. The fourth-order valence-corrected chi connectivity index (χ4v) is 1.65. The molecule has 1 amide bonds. The second kappa shape index (κ2) is 8.13. The minimum Gasteiger partial charge on any atom is -0.480 e. The summed E-state index contributed by atoms with van der Waals surface area (Å²) >= 11 is 0. The maximum absolute atomic E-state index is 10.8. The Labute approximate surface area is 97.4 Å². The minimum absolute atomic E-state index is 0.284. The molecule has 0 radical (unpaired) electrons. The van der Waals surface area contributed by atoms with Crippen LogP contribution in [0.2, 0.25) is 0 Å². The van der Waals surface area contributed by atoms with Gasteiger partial charge >= 0.3 is 5.97 Å². The molecule has 2 atom stereocenters. The molecule has 2 N–H and O–H groups in total. The first kappa shape index (κ1) is 14.9. The molecule has 0 aliphatic heterocycles. The molecule has 94 valence electrons. The van der Waals surface area contributed by atoms with Crippen LogP contribution in [0.5, 0.6) is 0 Å². The normalized spacial score (nSPS) is 14.2. The van der Waals surface area contributed by atoms with Gasteiger partial charge in [-0.2, -0.15) is 0 Å². The third-order valence-electron chi connectivity index (χ3n) is 2.67. The Bertz CT molecular complexity index is 228. The summed E-state index contributed by atoms with van der Waals surface area (Å²) in [5, 5.41) is 11.3. The van der Waals surface area contributed by atoms with Crippen LogP contribution in [0.1, 0.15) is 52.9 Å². The van der Waals surface area contributed by atoms with Crippen molar-refractivity contribution in [3.63, 3.8) is 0 Å². The monoisotopic (exact) mass is 229 g/mol. The highest BCUT2D eigenvalue weighted by Crippen LogP contribution is 2.15. The molecule has 16 heavy (non-hydrogen) atoms. The van der Waals surface area contributed by atoms with Crippen LogP contribution >= 0.6 is 0 Å². The summed E-state index contributed by atoms with van der Waals surface area (Å²) in [6.07, 6.45) is 4.83. The van der Waals surface area contributed by atoms with Crippen molar-refractivity contribution >= 4 is 11.9 Å². The van der Waals surface area contributed by atoms with Crippen LogP contribution in [0.15, 0.2) is 0 Å². The molecule has 0 saturated carbocycles. The molecule has 0 aromatic rings. The van der Waals surface area contributed by atoms with Gasteiger partial charge in [-0.05, 0) is 18.8 Å². The van der Waals surface area contributed by atoms with Gasteiger partial charge in [0.25, 0.3) is 0 Å². The Balaban J connectivity index is 3.92. The number of carbonyl (C=O) groups is 2. The summed E-state index contributed by atoms with van der Waals surface area (Å²) in [5.74, 6) is -0.706. The first-order valence-electron chi connectivity index (χ1n) is 5.97. The average molecular weight is 229 g/mol. The van der Waals surface area contributed by atoms with E-state index in [2.05, 4.69) is 19.2 Å². The fraction of sp³-hybridized carbons (Fsp3) is 0.833. The van der Waals surface area contributed by atoms with Crippen LogP contribution in [-0.4, -0.2) is 23.0 Å². The Kier molecular flexibility index (Phi) is 7.60. The summed E-state index contributed by atoms with van der Waals surface area (Å²) in [5.41, 5.74) is 0. The van der Waals surface area contributed by atoms with Crippen molar-refractivity contribution < 1.29 is 14.7 Å². The molecule has 0 heterocycles. The lowest BCUT2D eigenvalue weighted by atomic mass is 9.96. The van der Waals surface area contributed by atoms with E-state index in [0.29, 0.717) is 12.3 Å². The van der Waals surface area contributed by atoms with Crippen LogP contribution in [0.25, 0.3) is 0 Å². The smallest absolute Gasteiger partial charge is 0.326 e. The summed E-state index contributed by atoms with van der Waals surface area (Å²) in [7, 11) is 0. The fourth-order valence-electron chi connectivity index (χ4n) is 1.65. The topological polar surface area (TPSA) is 66.4 Å². The number of nitrogens with one attached hydrogen (secondary N) is 1. The highest BCUT2D eigenvalue weighted by atomic mass is 16.4. The summed E-state index contributed by atoms with van der Waals surface area (Å²) in [4.78, 5) is 21.6. The SMILES string of the molecule is CCCCC(C)CCC(NC(C)=O)C(=O)O. The minimum atomic E-state index is -0.946. The van der Waals surface area contributed by atoms with Gasteiger partial charge in [-0.15, -0.1) is 0 Å². The van der Waals surface area contributed by atoms with Crippen molar-refractivity contribution in [2.45, 2.75) is 58.9 Å². The van der Waals surface area contributed by atoms with Crippen molar-refractivity contribution in [2.24, 2.45) is 5.92 Å². The molecular weight excluding hydrogens is 206 g/mol. The molecule has 0 rings (SSSR count). The molecule has 0 aromatic heterocycles. The number of amides is 1. The molecule has 0 saturated heterocycles. The number of hydrogen-bond donors (Lipinski definition) is 2. The van der Waals surface area contributed by atoms with E-state index >= 15 is 0 Å². The van der Waals surface area contributed by atoms with Gasteiger partial charge in [-0.25, -0.2) is 4.79 Å².